The lowest BCUT2D eigenvalue weighted by Crippen LogP contribution is -2.51. The Labute approximate surface area is 133 Å². The van der Waals surface area contributed by atoms with Crippen molar-refractivity contribution >= 4 is 11.3 Å². The van der Waals surface area contributed by atoms with Crippen LogP contribution in [0.4, 0.5) is 0 Å². The molecule has 2 unspecified atom stereocenters. The lowest BCUT2D eigenvalue weighted by Gasteiger charge is -2.44. The Hall–Kier alpha value is -0.410. The molecule has 1 aromatic heterocycles. The van der Waals surface area contributed by atoms with Crippen LogP contribution in [0, 0.1) is 5.92 Å². The fourth-order valence-corrected chi connectivity index (χ4v) is 5.06. The van der Waals surface area contributed by atoms with Crippen molar-refractivity contribution in [3.63, 3.8) is 0 Å². The van der Waals surface area contributed by atoms with E-state index in [-0.39, 0.29) is 11.0 Å². The molecule has 1 N–H and O–H groups in total. The molecule has 2 atom stereocenters. The standard InChI is InChI=1S/C18H30N2S/c1-5-13-8-6-7-11-18(13,20-14-9-10-14)16-19-15(12-21-16)17(2,3)4/h12-14,20H,5-11H2,1-4H3. The van der Waals surface area contributed by atoms with Gasteiger partial charge in [-0.1, -0.05) is 47.0 Å². The second-order valence-electron chi connectivity index (χ2n) is 8.03. The van der Waals surface area contributed by atoms with Gasteiger partial charge in [-0.25, -0.2) is 4.98 Å². The molecule has 0 radical (unpaired) electrons. The molecule has 2 saturated carbocycles. The number of hydrogen-bond acceptors (Lipinski definition) is 3. The summed E-state index contributed by atoms with van der Waals surface area (Å²) in [6, 6.07) is 0.749. The summed E-state index contributed by atoms with van der Waals surface area (Å²) in [4.78, 5) is 5.11. The number of hydrogen-bond donors (Lipinski definition) is 1. The quantitative estimate of drug-likeness (QED) is 0.848. The summed E-state index contributed by atoms with van der Waals surface area (Å²) in [7, 11) is 0. The average Bonchev–Trinajstić information content (AvgIpc) is 3.08. The molecule has 0 amide bonds. The van der Waals surface area contributed by atoms with Crippen molar-refractivity contribution in [2.24, 2.45) is 5.92 Å². The van der Waals surface area contributed by atoms with Gasteiger partial charge >= 0.3 is 0 Å². The van der Waals surface area contributed by atoms with Gasteiger partial charge in [0.15, 0.2) is 0 Å². The van der Waals surface area contributed by atoms with Gasteiger partial charge in [-0.15, -0.1) is 11.3 Å². The molecule has 2 fully saturated rings. The second-order valence-corrected chi connectivity index (χ2v) is 8.89. The van der Waals surface area contributed by atoms with Crippen molar-refractivity contribution in [1.82, 2.24) is 10.3 Å². The van der Waals surface area contributed by atoms with Gasteiger partial charge < -0.3 is 5.32 Å². The van der Waals surface area contributed by atoms with Gasteiger partial charge in [0.1, 0.15) is 5.01 Å². The Bertz CT molecular complexity index is 484. The van der Waals surface area contributed by atoms with Crippen molar-refractivity contribution in [2.45, 2.75) is 89.6 Å². The Morgan fingerprint density at radius 2 is 2.05 bits per heavy atom. The number of thiazole rings is 1. The highest BCUT2D eigenvalue weighted by atomic mass is 32.1. The molecular formula is C18H30N2S. The van der Waals surface area contributed by atoms with Crippen LogP contribution in [0.25, 0.3) is 0 Å². The van der Waals surface area contributed by atoms with E-state index < -0.39 is 0 Å². The lowest BCUT2D eigenvalue weighted by atomic mass is 9.71. The van der Waals surface area contributed by atoms with Crippen LogP contribution in [0.3, 0.4) is 0 Å². The molecular weight excluding hydrogens is 276 g/mol. The van der Waals surface area contributed by atoms with Crippen LogP contribution in [-0.2, 0) is 11.0 Å². The van der Waals surface area contributed by atoms with Crippen LogP contribution in [0.5, 0.6) is 0 Å². The molecule has 0 spiro atoms. The van der Waals surface area contributed by atoms with E-state index >= 15 is 0 Å². The maximum atomic E-state index is 5.11. The van der Waals surface area contributed by atoms with Crippen molar-refractivity contribution in [3.8, 4) is 0 Å². The minimum Gasteiger partial charge on any atom is -0.302 e. The van der Waals surface area contributed by atoms with Gasteiger partial charge in [-0.2, -0.15) is 0 Å². The predicted octanol–water partition coefficient (Wildman–Crippen LogP) is 4.99. The number of rotatable bonds is 4. The fourth-order valence-electron chi connectivity index (χ4n) is 3.75. The zero-order valence-electron chi connectivity index (χ0n) is 14.0. The second kappa shape index (κ2) is 5.66. The van der Waals surface area contributed by atoms with Crippen LogP contribution in [0.1, 0.15) is 83.3 Å². The zero-order valence-corrected chi connectivity index (χ0v) is 14.9. The summed E-state index contributed by atoms with van der Waals surface area (Å²) in [6.07, 6.45) is 9.36. The summed E-state index contributed by atoms with van der Waals surface area (Å²) in [6.45, 7) is 9.17. The van der Waals surface area contributed by atoms with E-state index in [0.717, 1.165) is 12.0 Å². The highest BCUT2D eigenvalue weighted by molar-refractivity contribution is 7.09. The molecule has 21 heavy (non-hydrogen) atoms. The Morgan fingerprint density at radius 1 is 1.29 bits per heavy atom. The first-order valence-corrected chi connectivity index (χ1v) is 9.58. The average molecular weight is 307 g/mol. The van der Waals surface area contributed by atoms with Crippen molar-refractivity contribution < 1.29 is 0 Å². The largest absolute Gasteiger partial charge is 0.302 e. The summed E-state index contributed by atoms with van der Waals surface area (Å²) in [5.74, 6) is 0.755. The predicted molar refractivity (Wildman–Crippen MR) is 90.9 cm³/mol. The van der Waals surface area contributed by atoms with E-state index in [0.29, 0.717) is 0 Å². The Kier molecular flexibility index (Phi) is 4.17. The van der Waals surface area contributed by atoms with Crippen molar-refractivity contribution in [2.75, 3.05) is 0 Å². The molecule has 3 heteroatoms. The molecule has 1 aromatic rings. The molecule has 1 heterocycles. The van der Waals surface area contributed by atoms with Gasteiger partial charge in [-0.3, -0.25) is 0 Å². The topological polar surface area (TPSA) is 24.9 Å². The van der Waals surface area contributed by atoms with Crippen LogP contribution in [-0.4, -0.2) is 11.0 Å². The summed E-state index contributed by atoms with van der Waals surface area (Å²) in [5.41, 5.74) is 1.59. The third-order valence-electron chi connectivity index (χ3n) is 5.26. The van der Waals surface area contributed by atoms with E-state index in [9.17, 15) is 0 Å². The highest BCUT2D eigenvalue weighted by Gasteiger charge is 2.46. The monoisotopic (exact) mass is 306 g/mol. The van der Waals surface area contributed by atoms with Crippen molar-refractivity contribution in [3.05, 3.63) is 16.1 Å². The van der Waals surface area contributed by atoms with Crippen LogP contribution in [0.15, 0.2) is 5.38 Å². The number of nitrogens with zero attached hydrogens (tertiary/aromatic N) is 1. The van der Waals surface area contributed by atoms with Gasteiger partial charge in [-0.05, 0) is 31.6 Å². The lowest BCUT2D eigenvalue weighted by molar-refractivity contribution is 0.132. The number of nitrogens with one attached hydrogen (secondary N) is 1. The van der Waals surface area contributed by atoms with Gasteiger partial charge in [0, 0.05) is 16.8 Å². The Morgan fingerprint density at radius 3 is 2.62 bits per heavy atom. The summed E-state index contributed by atoms with van der Waals surface area (Å²) < 4.78 is 0. The van der Waals surface area contributed by atoms with Crippen LogP contribution in [0.2, 0.25) is 0 Å². The summed E-state index contributed by atoms with van der Waals surface area (Å²) in [5, 5.41) is 7.70. The SMILES string of the molecule is CCC1CCCCC1(NC1CC1)c1nc(C(C)(C)C)cs1. The van der Waals surface area contributed by atoms with Crippen LogP contribution < -0.4 is 5.32 Å². The minimum atomic E-state index is 0.159. The number of aromatic nitrogens is 1. The first-order valence-electron chi connectivity index (χ1n) is 8.70. The van der Waals surface area contributed by atoms with Gasteiger partial charge in [0.05, 0.1) is 11.2 Å². The molecule has 0 bridgehead atoms. The molecule has 0 aliphatic heterocycles. The Balaban J connectivity index is 1.95. The third kappa shape index (κ3) is 3.05. The molecule has 2 nitrogen and oxygen atoms in total. The van der Waals surface area contributed by atoms with E-state index in [1.165, 1.54) is 55.6 Å². The first kappa shape index (κ1) is 15.5. The van der Waals surface area contributed by atoms with E-state index in [4.69, 9.17) is 4.98 Å². The maximum absolute atomic E-state index is 5.11. The van der Waals surface area contributed by atoms with E-state index in [1.807, 2.05) is 11.3 Å². The normalized spacial score (nSPS) is 30.6. The third-order valence-corrected chi connectivity index (χ3v) is 6.28. The minimum absolute atomic E-state index is 0.159. The van der Waals surface area contributed by atoms with E-state index in [2.05, 4.69) is 38.4 Å². The van der Waals surface area contributed by atoms with Crippen molar-refractivity contribution in [1.29, 1.82) is 0 Å². The molecule has 2 aliphatic rings. The molecule has 3 rings (SSSR count). The van der Waals surface area contributed by atoms with Gasteiger partial charge in [0.25, 0.3) is 0 Å². The first-order chi connectivity index (χ1) is 9.95. The highest BCUT2D eigenvalue weighted by Crippen LogP contribution is 2.46. The fraction of sp³-hybridized carbons (Fsp3) is 0.833. The van der Waals surface area contributed by atoms with Crippen LogP contribution >= 0.6 is 11.3 Å². The molecule has 0 aromatic carbocycles. The maximum Gasteiger partial charge on any atom is 0.113 e. The van der Waals surface area contributed by atoms with E-state index in [1.54, 1.807) is 0 Å². The smallest absolute Gasteiger partial charge is 0.113 e. The molecule has 118 valence electrons. The van der Waals surface area contributed by atoms with Gasteiger partial charge in [0.2, 0.25) is 0 Å². The molecule has 0 saturated heterocycles. The molecule has 2 aliphatic carbocycles. The zero-order chi connectivity index (χ0) is 15.1. The summed E-state index contributed by atoms with van der Waals surface area (Å²) >= 11 is 1.90.